The van der Waals surface area contributed by atoms with Crippen molar-refractivity contribution in [3.05, 3.63) is 30.0 Å². The predicted molar refractivity (Wildman–Crippen MR) is 100.0 cm³/mol. The average Bonchev–Trinajstić information content (AvgIpc) is 2.69. The normalized spacial score (nSPS) is 19.1. The molecule has 2 amide bonds. The van der Waals surface area contributed by atoms with Crippen LogP contribution in [0.1, 0.15) is 23.2 Å². The second kappa shape index (κ2) is 6.70. The van der Waals surface area contributed by atoms with Gasteiger partial charge in [-0.25, -0.2) is 4.98 Å². The first-order valence-electron chi connectivity index (χ1n) is 8.93. The fourth-order valence-electron chi connectivity index (χ4n) is 3.83. The zero-order chi connectivity index (χ0) is 19.0. The van der Waals surface area contributed by atoms with E-state index in [4.69, 9.17) is 15.2 Å². The van der Waals surface area contributed by atoms with E-state index in [-0.39, 0.29) is 18.1 Å². The van der Waals surface area contributed by atoms with Crippen LogP contribution in [0.2, 0.25) is 0 Å². The first-order valence-corrected chi connectivity index (χ1v) is 8.93. The highest BCUT2D eigenvalue weighted by atomic mass is 16.5. The van der Waals surface area contributed by atoms with Gasteiger partial charge in [0.05, 0.1) is 18.3 Å². The van der Waals surface area contributed by atoms with Gasteiger partial charge in [-0.3, -0.25) is 9.59 Å². The minimum absolute atomic E-state index is 0.0591. The maximum atomic E-state index is 11.7. The van der Waals surface area contributed by atoms with Gasteiger partial charge in [-0.2, -0.15) is 0 Å². The van der Waals surface area contributed by atoms with Gasteiger partial charge >= 0.3 is 0 Å². The van der Waals surface area contributed by atoms with Gasteiger partial charge in [0.2, 0.25) is 5.91 Å². The number of fused-ring (bicyclic) bond motifs is 1. The molecule has 0 radical (unpaired) electrons. The minimum Gasteiger partial charge on any atom is -0.496 e. The summed E-state index contributed by atoms with van der Waals surface area (Å²) < 4.78 is 11.2. The standard InChI is InChI=1S/C19H22N4O4/c1-26-15-9-13-12(8-14(15)17(20)25)2-5-21-18(13)23-6-3-19(4-7-23)11-22-16(24)10-27-19/h2,5,8-9H,3-4,6-7,10-11H2,1H3,(H2,20,25)(H,22,24). The molecule has 8 nitrogen and oxygen atoms in total. The van der Waals surface area contributed by atoms with Crippen molar-refractivity contribution in [2.24, 2.45) is 5.73 Å². The van der Waals surface area contributed by atoms with Crippen molar-refractivity contribution in [3.8, 4) is 5.75 Å². The average molecular weight is 370 g/mol. The van der Waals surface area contributed by atoms with Crippen LogP contribution < -0.4 is 20.7 Å². The number of carbonyl (C=O) groups is 2. The van der Waals surface area contributed by atoms with Gasteiger partial charge in [0.1, 0.15) is 18.2 Å². The summed E-state index contributed by atoms with van der Waals surface area (Å²) in [6.07, 6.45) is 3.35. The first kappa shape index (κ1) is 17.5. The van der Waals surface area contributed by atoms with Crippen LogP contribution in [0.25, 0.3) is 10.8 Å². The Balaban J connectivity index is 1.63. The number of hydrogen-bond donors (Lipinski definition) is 2. The highest BCUT2D eigenvalue weighted by Gasteiger charge is 2.39. The number of nitrogens with zero attached hydrogens (tertiary/aromatic N) is 2. The van der Waals surface area contributed by atoms with Gasteiger partial charge in [-0.1, -0.05) is 0 Å². The number of ether oxygens (including phenoxy) is 2. The van der Waals surface area contributed by atoms with Crippen molar-refractivity contribution in [1.82, 2.24) is 10.3 Å². The fraction of sp³-hybridized carbons (Fsp3) is 0.421. The molecule has 4 rings (SSSR count). The number of pyridine rings is 1. The molecule has 3 N–H and O–H groups in total. The highest BCUT2D eigenvalue weighted by Crippen LogP contribution is 2.35. The number of benzene rings is 1. The Hall–Kier alpha value is -2.87. The molecule has 2 saturated heterocycles. The molecule has 1 aromatic heterocycles. The Bertz CT molecular complexity index is 894. The van der Waals surface area contributed by atoms with Crippen LogP contribution in [0.3, 0.4) is 0 Å². The molecule has 1 aromatic carbocycles. The van der Waals surface area contributed by atoms with Crippen LogP contribution in [0.15, 0.2) is 24.4 Å². The molecule has 0 bridgehead atoms. The molecular formula is C19H22N4O4. The third kappa shape index (κ3) is 3.16. The van der Waals surface area contributed by atoms with Gasteiger partial charge in [0.25, 0.3) is 5.91 Å². The summed E-state index contributed by atoms with van der Waals surface area (Å²) in [6, 6.07) is 5.42. The molecule has 2 aliphatic heterocycles. The number of amides is 2. The van der Waals surface area contributed by atoms with Crippen molar-refractivity contribution in [1.29, 1.82) is 0 Å². The molecule has 0 saturated carbocycles. The monoisotopic (exact) mass is 370 g/mol. The molecular weight excluding hydrogens is 348 g/mol. The smallest absolute Gasteiger partial charge is 0.252 e. The molecule has 0 atom stereocenters. The summed E-state index contributed by atoms with van der Waals surface area (Å²) in [5.41, 5.74) is 5.53. The van der Waals surface area contributed by atoms with E-state index in [9.17, 15) is 9.59 Å². The quantitative estimate of drug-likeness (QED) is 0.829. The predicted octanol–water partition coefficient (Wildman–Crippen LogP) is 0.828. The van der Waals surface area contributed by atoms with Gasteiger partial charge in [-0.05, 0) is 36.4 Å². The Morgan fingerprint density at radius 3 is 2.78 bits per heavy atom. The Morgan fingerprint density at radius 1 is 1.37 bits per heavy atom. The maximum absolute atomic E-state index is 11.7. The second-order valence-electron chi connectivity index (χ2n) is 7.01. The van der Waals surface area contributed by atoms with Gasteiger partial charge in [-0.15, -0.1) is 0 Å². The Morgan fingerprint density at radius 2 is 2.15 bits per heavy atom. The number of primary amides is 1. The summed E-state index contributed by atoms with van der Waals surface area (Å²) in [7, 11) is 1.52. The van der Waals surface area contributed by atoms with Crippen molar-refractivity contribution in [2.45, 2.75) is 18.4 Å². The number of piperidine rings is 1. The van der Waals surface area contributed by atoms with Crippen LogP contribution in [0.4, 0.5) is 5.82 Å². The number of nitrogens with two attached hydrogens (primary N) is 1. The topological polar surface area (TPSA) is 107 Å². The lowest BCUT2D eigenvalue weighted by Gasteiger charge is -2.44. The number of aromatic nitrogens is 1. The van der Waals surface area contributed by atoms with E-state index in [1.807, 2.05) is 12.1 Å². The lowest BCUT2D eigenvalue weighted by atomic mass is 9.89. The number of rotatable bonds is 3. The van der Waals surface area contributed by atoms with Gasteiger partial charge in [0, 0.05) is 31.2 Å². The number of hydrogen-bond acceptors (Lipinski definition) is 6. The molecule has 2 fully saturated rings. The second-order valence-corrected chi connectivity index (χ2v) is 7.01. The fourth-order valence-corrected chi connectivity index (χ4v) is 3.83. The Kier molecular flexibility index (Phi) is 4.35. The van der Waals surface area contributed by atoms with E-state index < -0.39 is 5.91 Å². The number of nitrogens with one attached hydrogen (secondary N) is 1. The molecule has 8 heteroatoms. The third-order valence-corrected chi connectivity index (χ3v) is 5.42. The molecule has 3 heterocycles. The van der Waals surface area contributed by atoms with E-state index in [1.54, 1.807) is 12.3 Å². The number of morpholine rings is 1. The first-order chi connectivity index (χ1) is 13.0. The van der Waals surface area contributed by atoms with Crippen molar-refractivity contribution in [2.75, 3.05) is 38.3 Å². The number of methoxy groups -OCH3 is 1. The van der Waals surface area contributed by atoms with Crippen LogP contribution in [0, 0.1) is 0 Å². The highest BCUT2D eigenvalue weighted by molar-refractivity contribution is 6.03. The molecule has 142 valence electrons. The molecule has 2 aromatic rings. The summed E-state index contributed by atoms with van der Waals surface area (Å²) >= 11 is 0. The molecule has 2 aliphatic rings. The van der Waals surface area contributed by atoms with E-state index in [1.165, 1.54) is 7.11 Å². The summed E-state index contributed by atoms with van der Waals surface area (Å²) in [5, 5.41) is 4.70. The number of carbonyl (C=O) groups excluding carboxylic acids is 2. The zero-order valence-corrected chi connectivity index (χ0v) is 15.2. The maximum Gasteiger partial charge on any atom is 0.252 e. The van der Waals surface area contributed by atoms with Crippen LogP contribution in [0.5, 0.6) is 5.75 Å². The van der Waals surface area contributed by atoms with E-state index in [0.29, 0.717) is 17.9 Å². The van der Waals surface area contributed by atoms with Gasteiger partial charge < -0.3 is 25.4 Å². The van der Waals surface area contributed by atoms with Crippen molar-refractivity contribution >= 4 is 28.4 Å². The summed E-state index contributed by atoms with van der Waals surface area (Å²) in [5.74, 6) is 0.701. The molecule has 27 heavy (non-hydrogen) atoms. The SMILES string of the molecule is COc1cc2c(N3CCC4(CC3)CNC(=O)CO4)nccc2cc1C(N)=O. The summed E-state index contributed by atoms with van der Waals surface area (Å²) in [6.45, 7) is 2.21. The lowest BCUT2D eigenvalue weighted by molar-refractivity contribution is -0.146. The summed E-state index contributed by atoms with van der Waals surface area (Å²) in [4.78, 5) is 29.8. The minimum atomic E-state index is -0.525. The van der Waals surface area contributed by atoms with Gasteiger partial charge in [0.15, 0.2) is 0 Å². The van der Waals surface area contributed by atoms with Crippen LogP contribution >= 0.6 is 0 Å². The Labute approximate surface area is 156 Å². The molecule has 1 spiro atoms. The van der Waals surface area contributed by atoms with Crippen LogP contribution in [-0.4, -0.2) is 55.8 Å². The number of anilines is 1. The van der Waals surface area contributed by atoms with E-state index >= 15 is 0 Å². The molecule has 0 aliphatic carbocycles. The van der Waals surface area contributed by atoms with E-state index in [0.717, 1.165) is 42.5 Å². The zero-order valence-electron chi connectivity index (χ0n) is 15.2. The molecule has 0 unspecified atom stereocenters. The lowest BCUT2D eigenvalue weighted by Crippen LogP contribution is -2.57. The van der Waals surface area contributed by atoms with Crippen molar-refractivity contribution < 1.29 is 19.1 Å². The van der Waals surface area contributed by atoms with Crippen LogP contribution in [-0.2, 0) is 9.53 Å². The third-order valence-electron chi connectivity index (χ3n) is 5.42. The van der Waals surface area contributed by atoms with Crippen molar-refractivity contribution in [3.63, 3.8) is 0 Å². The largest absolute Gasteiger partial charge is 0.496 e. The van der Waals surface area contributed by atoms with E-state index in [2.05, 4.69) is 15.2 Å².